The Morgan fingerprint density at radius 2 is 2.25 bits per heavy atom. The topological polar surface area (TPSA) is 97.3 Å². The Morgan fingerprint density at radius 3 is 2.93 bits per heavy atom. The monoisotopic (exact) mass is 393 g/mol. The van der Waals surface area contributed by atoms with Crippen LogP contribution in [0.4, 0.5) is 0 Å². The van der Waals surface area contributed by atoms with Crippen molar-refractivity contribution in [1.82, 2.24) is 19.7 Å². The maximum Gasteiger partial charge on any atom is 0.270 e. The quantitative estimate of drug-likeness (QED) is 0.648. The summed E-state index contributed by atoms with van der Waals surface area (Å²) in [5, 5.41) is 15.9. The minimum atomic E-state index is -1.21. The number of primary amides is 1. The molecule has 8 heteroatoms. The van der Waals surface area contributed by atoms with E-state index in [0.717, 1.165) is 5.01 Å². The summed E-state index contributed by atoms with van der Waals surface area (Å²) in [7, 11) is 1.89. The van der Waals surface area contributed by atoms with Crippen molar-refractivity contribution in [2.24, 2.45) is 5.73 Å². The molecule has 2 aromatic heterocycles. The molecule has 28 heavy (non-hydrogen) atoms. The van der Waals surface area contributed by atoms with Crippen molar-refractivity contribution < 1.29 is 9.90 Å². The Kier molecular flexibility index (Phi) is 4.22. The second kappa shape index (κ2) is 6.48. The molecule has 1 amide bonds. The Balaban J connectivity index is 1.75. The number of rotatable bonds is 2. The molecule has 3 heterocycles. The average molecular weight is 393 g/mol. The molecular weight excluding hydrogens is 374 g/mol. The minimum Gasteiger partial charge on any atom is -0.375 e. The number of aliphatic hydroxyl groups is 1. The first kappa shape index (κ1) is 18.2. The number of thiazole rings is 1. The molecule has 1 saturated heterocycles. The lowest BCUT2D eigenvalue weighted by molar-refractivity contribution is 0.0996. The Morgan fingerprint density at radius 1 is 1.46 bits per heavy atom. The van der Waals surface area contributed by atoms with Crippen LogP contribution in [-0.2, 0) is 0 Å². The summed E-state index contributed by atoms with van der Waals surface area (Å²) in [6.45, 7) is 6.52. The summed E-state index contributed by atoms with van der Waals surface area (Å²) in [5.74, 6) is 5.39. The van der Waals surface area contributed by atoms with Crippen molar-refractivity contribution >= 4 is 27.6 Å². The smallest absolute Gasteiger partial charge is 0.270 e. The van der Waals surface area contributed by atoms with Gasteiger partial charge in [0.05, 0.1) is 16.4 Å². The number of likely N-dealkylation sites (N-methyl/N-ethyl adjacent to an activating group) is 1. The number of amides is 1. The summed E-state index contributed by atoms with van der Waals surface area (Å²) in [6.07, 6.45) is 0.523. The number of aromatic nitrogens is 3. The number of hydrogen-bond acceptors (Lipinski definition) is 6. The first-order chi connectivity index (χ1) is 13.3. The fourth-order valence-corrected chi connectivity index (χ4v) is 4.09. The maximum absolute atomic E-state index is 11.7. The molecule has 0 unspecified atom stereocenters. The normalized spacial score (nSPS) is 19.1. The molecule has 142 valence electrons. The van der Waals surface area contributed by atoms with Crippen LogP contribution in [-0.4, -0.2) is 49.9 Å². The van der Waals surface area contributed by atoms with Crippen LogP contribution in [0.5, 0.6) is 0 Å². The Bertz CT molecular complexity index is 1180. The minimum absolute atomic E-state index is 0.205. The first-order valence-electron chi connectivity index (χ1n) is 8.71. The first-order valence-corrected chi connectivity index (χ1v) is 9.52. The standard InChI is InChI=1S/C20H19N5O2S/c1-12-20(27,9-10-24(12)3)8-7-14-5-4-6-15(11-14)25-19-17(28-13(2)22-19)16(23-25)18(21)26/h4-6,11,27H,1,9-10H2,2-3H3,(H2,21,26)/t20-/m0/s1. The van der Waals surface area contributed by atoms with Crippen LogP contribution in [0.1, 0.15) is 27.5 Å². The molecule has 3 aromatic rings. The van der Waals surface area contributed by atoms with Gasteiger partial charge >= 0.3 is 0 Å². The highest BCUT2D eigenvalue weighted by Gasteiger charge is 2.36. The van der Waals surface area contributed by atoms with Gasteiger partial charge in [-0.05, 0) is 25.1 Å². The SMILES string of the molecule is C=C1N(C)CC[C@@]1(O)C#Cc1cccc(-n2nc(C(N)=O)c3sc(C)nc32)c1. The van der Waals surface area contributed by atoms with Crippen LogP contribution in [0, 0.1) is 18.8 Å². The summed E-state index contributed by atoms with van der Waals surface area (Å²) in [4.78, 5) is 18.1. The fraction of sp³-hybridized carbons (Fsp3) is 0.250. The van der Waals surface area contributed by atoms with E-state index in [1.165, 1.54) is 11.3 Å². The van der Waals surface area contributed by atoms with Gasteiger partial charge in [-0.2, -0.15) is 5.10 Å². The van der Waals surface area contributed by atoms with E-state index in [1.807, 2.05) is 43.1 Å². The van der Waals surface area contributed by atoms with Gasteiger partial charge in [-0.25, -0.2) is 9.67 Å². The third-order valence-electron chi connectivity index (χ3n) is 4.82. The maximum atomic E-state index is 11.7. The summed E-state index contributed by atoms with van der Waals surface area (Å²) < 4.78 is 2.27. The van der Waals surface area contributed by atoms with Gasteiger partial charge in [-0.3, -0.25) is 4.79 Å². The number of carbonyl (C=O) groups excluding carboxylic acids is 1. The Labute approximate surface area is 166 Å². The highest BCUT2D eigenvalue weighted by Crippen LogP contribution is 2.29. The molecule has 3 N–H and O–H groups in total. The molecule has 1 atom stereocenters. The number of fused-ring (bicyclic) bond motifs is 1. The molecule has 1 fully saturated rings. The molecule has 0 saturated carbocycles. The van der Waals surface area contributed by atoms with E-state index in [4.69, 9.17) is 5.73 Å². The van der Waals surface area contributed by atoms with Crippen molar-refractivity contribution in [3.05, 3.63) is 52.8 Å². The van der Waals surface area contributed by atoms with E-state index in [2.05, 4.69) is 28.5 Å². The van der Waals surface area contributed by atoms with Gasteiger partial charge in [0.15, 0.2) is 16.9 Å². The number of likely N-dealkylation sites (tertiary alicyclic amines) is 1. The number of benzene rings is 1. The fourth-order valence-electron chi connectivity index (χ4n) is 3.20. The molecule has 0 radical (unpaired) electrons. The van der Waals surface area contributed by atoms with Crippen molar-refractivity contribution in [2.45, 2.75) is 18.9 Å². The van der Waals surface area contributed by atoms with E-state index in [0.29, 0.717) is 40.3 Å². The molecule has 0 spiro atoms. The van der Waals surface area contributed by atoms with Crippen LogP contribution in [0.15, 0.2) is 36.5 Å². The average Bonchev–Trinajstić information content (AvgIpc) is 3.28. The number of hydrogen-bond donors (Lipinski definition) is 2. The van der Waals surface area contributed by atoms with E-state index in [-0.39, 0.29) is 5.69 Å². The molecule has 1 aliphatic heterocycles. The molecular formula is C20H19N5O2S. The van der Waals surface area contributed by atoms with Crippen LogP contribution >= 0.6 is 11.3 Å². The van der Waals surface area contributed by atoms with E-state index in [1.54, 1.807) is 4.68 Å². The van der Waals surface area contributed by atoms with Crippen molar-refractivity contribution in [2.75, 3.05) is 13.6 Å². The Hall–Kier alpha value is -3.15. The van der Waals surface area contributed by atoms with Crippen molar-refractivity contribution in [3.8, 4) is 17.5 Å². The van der Waals surface area contributed by atoms with Gasteiger partial charge in [0.2, 0.25) is 0 Å². The molecule has 1 aromatic carbocycles. The third-order valence-corrected chi connectivity index (χ3v) is 5.78. The van der Waals surface area contributed by atoms with Gasteiger partial charge in [-0.15, -0.1) is 11.3 Å². The van der Waals surface area contributed by atoms with Crippen LogP contribution in [0.2, 0.25) is 0 Å². The lowest BCUT2D eigenvalue weighted by Crippen LogP contribution is -2.26. The molecule has 0 bridgehead atoms. The second-order valence-electron chi connectivity index (χ2n) is 6.79. The van der Waals surface area contributed by atoms with Gasteiger partial charge < -0.3 is 15.7 Å². The molecule has 4 rings (SSSR count). The van der Waals surface area contributed by atoms with Crippen molar-refractivity contribution in [3.63, 3.8) is 0 Å². The van der Waals surface area contributed by atoms with E-state index < -0.39 is 11.5 Å². The summed E-state index contributed by atoms with van der Waals surface area (Å²) >= 11 is 1.38. The van der Waals surface area contributed by atoms with Crippen LogP contribution < -0.4 is 5.73 Å². The predicted octanol–water partition coefficient (Wildman–Crippen LogP) is 1.82. The molecule has 0 aliphatic carbocycles. The zero-order valence-corrected chi connectivity index (χ0v) is 16.4. The number of carbonyl (C=O) groups is 1. The molecule has 1 aliphatic rings. The van der Waals surface area contributed by atoms with Crippen LogP contribution in [0.25, 0.3) is 16.0 Å². The summed E-state index contributed by atoms with van der Waals surface area (Å²) in [5.41, 5.74) is 7.08. The lowest BCUT2D eigenvalue weighted by atomic mass is 10.0. The number of aryl methyl sites for hydroxylation is 1. The van der Waals surface area contributed by atoms with E-state index >= 15 is 0 Å². The zero-order chi connectivity index (χ0) is 20.1. The predicted molar refractivity (Wildman–Crippen MR) is 108 cm³/mol. The largest absolute Gasteiger partial charge is 0.375 e. The number of nitrogens with two attached hydrogens (primary N) is 1. The van der Waals surface area contributed by atoms with Gasteiger partial charge in [0.1, 0.15) is 4.70 Å². The van der Waals surface area contributed by atoms with Gasteiger partial charge in [0, 0.05) is 25.6 Å². The van der Waals surface area contributed by atoms with Crippen molar-refractivity contribution in [1.29, 1.82) is 0 Å². The zero-order valence-electron chi connectivity index (χ0n) is 15.6. The van der Waals surface area contributed by atoms with Crippen LogP contribution in [0.3, 0.4) is 0 Å². The third kappa shape index (κ3) is 2.95. The lowest BCUT2D eigenvalue weighted by Gasteiger charge is -2.19. The highest BCUT2D eigenvalue weighted by molar-refractivity contribution is 7.18. The van der Waals surface area contributed by atoms with E-state index in [9.17, 15) is 9.90 Å². The highest BCUT2D eigenvalue weighted by atomic mass is 32.1. The number of nitrogens with zero attached hydrogens (tertiary/aromatic N) is 4. The molecule has 7 nitrogen and oxygen atoms in total. The summed E-state index contributed by atoms with van der Waals surface area (Å²) in [6, 6.07) is 7.39. The van der Waals surface area contributed by atoms with Gasteiger partial charge in [0.25, 0.3) is 5.91 Å². The van der Waals surface area contributed by atoms with Gasteiger partial charge in [-0.1, -0.05) is 24.5 Å². The second-order valence-corrected chi connectivity index (χ2v) is 7.99.